The van der Waals surface area contributed by atoms with Crippen LogP contribution in [0.2, 0.25) is 0 Å². The smallest absolute Gasteiger partial charge is 0.148 e. The summed E-state index contributed by atoms with van der Waals surface area (Å²) in [6, 6.07) is 11.7. The predicted octanol–water partition coefficient (Wildman–Crippen LogP) is 3.97. The van der Waals surface area contributed by atoms with E-state index in [9.17, 15) is 5.11 Å². The molecule has 2 N–H and O–H groups in total. The van der Waals surface area contributed by atoms with E-state index in [0.717, 1.165) is 28.0 Å². The van der Waals surface area contributed by atoms with Crippen molar-refractivity contribution in [2.75, 3.05) is 18.6 Å². The molecule has 1 aliphatic rings. The second-order valence-corrected chi connectivity index (χ2v) is 6.87. The molecule has 0 saturated heterocycles. The van der Waals surface area contributed by atoms with Crippen LogP contribution in [0.4, 0.5) is 5.69 Å². The standard InChI is InChI=1S/C21H22N4O2/c1-12-5-6-14(9-13(12)2)25-11-18(26)19(20(25)22)21-23-16-10-15(27-4)7-8-17(16)24(21)3/h5-10,22,26H,11H2,1-4H3. The summed E-state index contributed by atoms with van der Waals surface area (Å²) in [6.07, 6.45) is 0. The summed E-state index contributed by atoms with van der Waals surface area (Å²) in [5, 5.41) is 19.3. The van der Waals surface area contributed by atoms with Crippen LogP contribution in [0.1, 0.15) is 17.0 Å². The Morgan fingerprint density at radius 1 is 1.11 bits per heavy atom. The van der Waals surface area contributed by atoms with Gasteiger partial charge in [-0.1, -0.05) is 6.07 Å². The molecule has 27 heavy (non-hydrogen) atoms. The van der Waals surface area contributed by atoms with E-state index in [2.05, 4.69) is 11.9 Å². The van der Waals surface area contributed by atoms with Crippen molar-refractivity contribution in [3.8, 4) is 5.75 Å². The minimum absolute atomic E-state index is 0.156. The molecule has 6 heteroatoms. The zero-order valence-corrected chi connectivity index (χ0v) is 15.9. The fourth-order valence-electron chi connectivity index (χ4n) is 3.46. The first-order valence-corrected chi connectivity index (χ1v) is 8.77. The first-order chi connectivity index (χ1) is 12.9. The molecule has 0 spiro atoms. The van der Waals surface area contributed by atoms with Crippen molar-refractivity contribution in [3.05, 3.63) is 59.1 Å². The Morgan fingerprint density at radius 3 is 2.59 bits per heavy atom. The average Bonchev–Trinajstić information content (AvgIpc) is 3.13. The van der Waals surface area contributed by atoms with Crippen LogP contribution in [0.15, 0.2) is 42.2 Å². The van der Waals surface area contributed by atoms with Crippen molar-refractivity contribution in [1.29, 1.82) is 5.41 Å². The molecule has 6 nitrogen and oxygen atoms in total. The normalized spacial score (nSPS) is 14.5. The molecule has 0 bridgehead atoms. The number of rotatable bonds is 3. The van der Waals surface area contributed by atoms with Crippen molar-refractivity contribution in [2.24, 2.45) is 7.05 Å². The number of aromatic nitrogens is 2. The summed E-state index contributed by atoms with van der Waals surface area (Å²) < 4.78 is 7.18. The van der Waals surface area contributed by atoms with E-state index in [0.29, 0.717) is 11.4 Å². The Labute approximate surface area is 157 Å². The molecule has 138 valence electrons. The van der Waals surface area contributed by atoms with Crippen LogP contribution in [0.3, 0.4) is 0 Å². The summed E-state index contributed by atoms with van der Waals surface area (Å²) in [5.74, 6) is 1.71. The monoisotopic (exact) mass is 362 g/mol. The van der Waals surface area contributed by atoms with Gasteiger partial charge in [0.15, 0.2) is 0 Å². The van der Waals surface area contributed by atoms with Gasteiger partial charge in [0.05, 0.1) is 30.3 Å². The molecule has 2 heterocycles. The Bertz CT molecular complexity index is 1110. The molecule has 3 aromatic rings. The third-order valence-electron chi connectivity index (χ3n) is 5.22. The van der Waals surface area contributed by atoms with Gasteiger partial charge in [0.25, 0.3) is 0 Å². The molecule has 1 aliphatic heterocycles. The second kappa shape index (κ2) is 6.16. The predicted molar refractivity (Wildman–Crippen MR) is 108 cm³/mol. The minimum Gasteiger partial charge on any atom is -0.509 e. The van der Waals surface area contributed by atoms with Crippen LogP contribution < -0.4 is 9.64 Å². The molecule has 0 aliphatic carbocycles. The lowest BCUT2D eigenvalue weighted by atomic mass is 10.1. The molecular formula is C21H22N4O2. The fourth-order valence-corrected chi connectivity index (χ4v) is 3.46. The van der Waals surface area contributed by atoms with E-state index in [1.54, 1.807) is 12.0 Å². The lowest BCUT2D eigenvalue weighted by Crippen LogP contribution is -2.26. The van der Waals surface area contributed by atoms with Crippen molar-refractivity contribution in [3.63, 3.8) is 0 Å². The molecule has 0 radical (unpaired) electrons. The lowest BCUT2D eigenvalue weighted by molar-refractivity contribution is 0.411. The maximum absolute atomic E-state index is 10.6. The van der Waals surface area contributed by atoms with Crippen LogP contribution in [-0.4, -0.2) is 34.1 Å². The van der Waals surface area contributed by atoms with Gasteiger partial charge >= 0.3 is 0 Å². The van der Waals surface area contributed by atoms with E-state index in [4.69, 9.17) is 10.1 Å². The van der Waals surface area contributed by atoms with Crippen LogP contribution >= 0.6 is 0 Å². The number of imidazole rings is 1. The molecule has 4 rings (SSSR count). The summed E-state index contributed by atoms with van der Waals surface area (Å²) in [4.78, 5) is 6.46. The average molecular weight is 362 g/mol. The van der Waals surface area contributed by atoms with Gasteiger partial charge in [-0.25, -0.2) is 4.98 Å². The van der Waals surface area contributed by atoms with Crippen molar-refractivity contribution in [2.45, 2.75) is 13.8 Å². The highest BCUT2D eigenvalue weighted by Gasteiger charge is 2.32. The van der Waals surface area contributed by atoms with Gasteiger partial charge < -0.3 is 19.3 Å². The van der Waals surface area contributed by atoms with Gasteiger partial charge in [-0.3, -0.25) is 5.41 Å². The van der Waals surface area contributed by atoms with Gasteiger partial charge in [-0.15, -0.1) is 0 Å². The molecule has 0 saturated carbocycles. The fraction of sp³-hybridized carbons (Fsp3) is 0.238. The number of hydrogen-bond donors (Lipinski definition) is 2. The first kappa shape index (κ1) is 17.1. The number of nitrogens with zero attached hydrogens (tertiary/aromatic N) is 3. The van der Waals surface area contributed by atoms with E-state index < -0.39 is 0 Å². The van der Waals surface area contributed by atoms with E-state index in [1.807, 2.05) is 54.9 Å². The number of aliphatic hydroxyl groups is 1. The molecule has 1 aromatic heterocycles. The topological polar surface area (TPSA) is 74.4 Å². The lowest BCUT2D eigenvalue weighted by Gasteiger charge is -2.20. The summed E-state index contributed by atoms with van der Waals surface area (Å²) in [5.41, 5.74) is 5.40. The van der Waals surface area contributed by atoms with Crippen molar-refractivity contribution < 1.29 is 9.84 Å². The SMILES string of the molecule is COc1ccc2c(c1)nc(C1=C(O)CN(c3ccc(C)c(C)c3)C1=N)n2C. The highest BCUT2D eigenvalue weighted by Crippen LogP contribution is 2.33. The number of aliphatic hydroxyl groups excluding tert-OH is 1. The molecular weight excluding hydrogens is 340 g/mol. The van der Waals surface area contributed by atoms with Crippen LogP contribution in [0.5, 0.6) is 5.75 Å². The number of fused-ring (bicyclic) bond motifs is 1. The van der Waals surface area contributed by atoms with E-state index >= 15 is 0 Å². The first-order valence-electron chi connectivity index (χ1n) is 8.77. The minimum atomic E-state index is 0.156. The largest absolute Gasteiger partial charge is 0.509 e. The van der Waals surface area contributed by atoms with E-state index in [1.165, 1.54) is 5.56 Å². The molecule has 0 fully saturated rings. The number of ether oxygens (including phenoxy) is 1. The van der Waals surface area contributed by atoms with Gasteiger partial charge in [0.2, 0.25) is 0 Å². The Hall–Kier alpha value is -3.28. The third-order valence-corrected chi connectivity index (χ3v) is 5.22. The van der Waals surface area contributed by atoms with Crippen molar-refractivity contribution >= 4 is 28.1 Å². The second-order valence-electron chi connectivity index (χ2n) is 6.87. The number of amidine groups is 1. The summed E-state index contributed by atoms with van der Waals surface area (Å²) >= 11 is 0. The quantitative estimate of drug-likeness (QED) is 0.739. The Morgan fingerprint density at radius 2 is 1.89 bits per heavy atom. The maximum Gasteiger partial charge on any atom is 0.148 e. The van der Waals surface area contributed by atoms with E-state index in [-0.39, 0.29) is 18.1 Å². The van der Waals surface area contributed by atoms with Gasteiger partial charge in [0, 0.05) is 18.8 Å². The zero-order valence-electron chi connectivity index (χ0n) is 15.9. The van der Waals surface area contributed by atoms with Crippen LogP contribution in [0.25, 0.3) is 16.6 Å². The van der Waals surface area contributed by atoms with Crippen LogP contribution in [-0.2, 0) is 7.05 Å². The number of methoxy groups -OCH3 is 1. The van der Waals surface area contributed by atoms with Gasteiger partial charge in [-0.2, -0.15) is 0 Å². The zero-order chi connectivity index (χ0) is 19.3. The highest BCUT2D eigenvalue weighted by molar-refractivity contribution is 6.30. The highest BCUT2D eigenvalue weighted by atomic mass is 16.5. The molecule has 0 unspecified atom stereocenters. The molecule has 2 aromatic carbocycles. The summed E-state index contributed by atoms with van der Waals surface area (Å²) in [7, 11) is 3.51. The van der Waals surface area contributed by atoms with Gasteiger partial charge in [-0.05, 0) is 49.2 Å². The number of benzene rings is 2. The number of nitrogens with one attached hydrogen (secondary N) is 1. The molecule has 0 amide bonds. The third kappa shape index (κ3) is 2.65. The number of aryl methyl sites for hydroxylation is 3. The Balaban J connectivity index is 1.77. The number of anilines is 1. The van der Waals surface area contributed by atoms with Gasteiger partial charge in [0.1, 0.15) is 23.2 Å². The van der Waals surface area contributed by atoms with Crippen LogP contribution in [0, 0.1) is 19.3 Å². The maximum atomic E-state index is 10.6. The number of hydrogen-bond acceptors (Lipinski definition) is 4. The molecule has 0 atom stereocenters. The Kier molecular flexibility index (Phi) is 3.91. The van der Waals surface area contributed by atoms with Crippen molar-refractivity contribution in [1.82, 2.24) is 9.55 Å². The summed E-state index contributed by atoms with van der Waals surface area (Å²) in [6.45, 7) is 4.37.